The summed E-state index contributed by atoms with van der Waals surface area (Å²) in [7, 11) is 0. The molecule has 32 heavy (non-hydrogen) atoms. The van der Waals surface area contributed by atoms with E-state index in [0.717, 1.165) is 29.8 Å². The molecule has 1 saturated heterocycles. The molecule has 166 valence electrons. The number of aromatic amines is 1. The second kappa shape index (κ2) is 7.89. The average molecular weight is 436 g/mol. The maximum absolute atomic E-state index is 14.9. The Morgan fingerprint density at radius 2 is 1.91 bits per heavy atom. The van der Waals surface area contributed by atoms with E-state index in [9.17, 15) is 9.18 Å². The van der Waals surface area contributed by atoms with Gasteiger partial charge in [0.05, 0.1) is 13.1 Å². The number of alkyl halides is 1. The first-order valence-corrected chi connectivity index (χ1v) is 10.8. The number of carbonyl (C=O) groups is 1. The Morgan fingerprint density at radius 1 is 1.16 bits per heavy atom. The van der Waals surface area contributed by atoms with Gasteiger partial charge >= 0.3 is 0 Å². The van der Waals surface area contributed by atoms with Crippen LogP contribution in [0.2, 0.25) is 0 Å². The molecule has 2 fully saturated rings. The molecule has 2 aromatic heterocycles. The summed E-state index contributed by atoms with van der Waals surface area (Å²) in [6.45, 7) is 4.21. The van der Waals surface area contributed by atoms with Crippen molar-refractivity contribution in [1.29, 1.82) is 0 Å². The highest BCUT2D eigenvalue weighted by molar-refractivity contribution is 5.78. The van der Waals surface area contributed by atoms with Crippen LogP contribution in [0.4, 0.5) is 33.5 Å². The molecule has 1 aromatic carbocycles. The summed E-state index contributed by atoms with van der Waals surface area (Å²) in [4.78, 5) is 22.5. The van der Waals surface area contributed by atoms with E-state index in [4.69, 9.17) is 0 Å². The van der Waals surface area contributed by atoms with Crippen molar-refractivity contribution >= 4 is 34.9 Å². The monoisotopic (exact) mass is 435 g/mol. The van der Waals surface area contributed by atoms with E-state index < -0.39 is 5.67 Å². The van der Waals surface area contributed by atoms with Crippen LogP contribution in [0.1, 0.15) is 31.0 Å². The van der Waals surface area contributed by atoms with Crippen LogP contribution in [0.3, 0.4) is 0 Å². The summed E-state index contributed by atoms with van der Waals surface area (Å²) in [5.41, 5.74) is 1.59. The van der Waals surface area contributed by atoms with E-state index in [1.54, 1.807) is 6.92 Å². The number of anilines is 5. The molecule has 1 saturated carbocycles. The van der Waals surface area contributed by atoms with Gasteiger partial charge in [0.1, 0.15) is 23.1 Å². The summed E-state index contributed by atoms with van der Waals surface area (Å²) in [5, 5.41) is 13.5. The van der Waals surface area contributed by atoms with Crippen LogP contribution >= 0.6 is 0 Å². The molecule has 3 N–H and O–H groups in total. The number of halogens is 1. The number of benzene rings is 1. The highest BCUT2D eigenvalue weighted by Crippen LogP contribution is 2.48. The quantitative estimate of drug-likeness (QED) is 0.491. The summed E-state index contributed by atoms with van der Waals surface area (Å²) in [6, 6.07) is 11.3. The van der Waals surface area contributed by atoms with Crippen molar-refractivity contribution < 1.29 is 9.18 Å². The van der Waals surface area contributed by atoms with Crippen LogP contribution < -0.4 is 15.5 Å². The summed E-state index contributed by atoms with van der Waals surface area (Å²) in [5.74, 6) is 2.60. The lowest BCUT2D eigenvalue weighted by molar-refractivity contribution is -0.116. The molecule has 0 unspecified atom stereocenters. The molecule has 2 aliphatic rings. The molecule has 3 aromatic rings. The van der Waals surface area contributed by atoms with E-state index in [1.807, 2.05) is 48.2 Å². The number of aryl methyl sites for hydroxylation is 1. The van der Waals surface area contributed by atoms with Gasteiger partial charge in [-0.25, -0.2) is 4.39 Å². The number of hydrogen-bond acceptors (Lipinski definition) is 7. The Hall–Kier alpha value is -3.49. The minimum Gasteiger partial charge on any atom is -0.350 e. The lowest BCUT2D eigenvalue weighted by Gasteiger charge is -2.45. The fourth-order valence-corrected chi connectivity index (χ4v) is 4.06. The molecule has 5 rings (SSSR count). The molecule has 0 bridgehead atoms. The Morgan fingerprint density at radius 3 is 2.53 bits per heavy atom. The Bertz CT molecular complexity index is 1130. The SMILES string of the molecule is CC(=O)Cc1ccc(Nc2nc(Nc3cc(C)[nH]n3)cc(N3CC(F)(C4CC4)C3)n2)cc1. The predicted molar refractivity (Wildman–Crippen MR) is 122 cm³/mol. The van der Waals surface area contributed by atoms with Gasteiger partial charge in [-0.05, 0) is 50.3 Å². The maximum Gasteiger partial charge on any atom is 0.231 e. The van der Waals surface area contributed by atoms with Gasteiger partial charge in [0.15, 0.2) is 5.82 Å². The molecule has 0 amide bonds. The number of nitrogens with one attached hydrogen (secondary N) is 3. The molecule has 1 aliphatic carbocycles. The first kappa shape index (κ1) is 20.4. The van der Waals surface area contributed by atoms with Crippen LogP contribution in [0.15, 0.2) is 36.4 Å². The second-order valence-corrected chi connectivity index (χ2v) is 8.86. The van der Waals surface area contributed by atoms with Crippen molar-refractivity contribution in [2.75, 3.05) is 28.6 Å². The molecule has 1 aliphatic heterocycles. The van der Waals surface area contributed by atoms with Crippen LogP contribution in [-0.2, 0) is 11.2 Å². The van der Waals surface area contributed by atoms with Gasteiger partial charge in [0, 0.05) is 29.9 Å². The number of hydrogen-bond donors (Lipinski definition) is 3. The van der Waals surface area contributed by atoms with Crippen LogP contribution in [-0.4, -0.2) is 44.7 Å². The largest absolute Gasteiger partial charge is 0.350 e. The Labute approximate surface area is 185 Å². The van der Waals surface area contributed by atoms with Crippen molar-refractivity contribution in [1.82, 2.24) is 20.2 Å². The standard InChI is InChI=1S/C23H26FN7O/c1-14-9-20(30-29-14)26-19-11-21(31-12-23(24,13-31)17-5-6-17)28-22(27-19)25-18-7-3-16(4-8-18)10-15(2)32/h3-4,7-9,11,17H,5-6,10,12-13H2,1-2H3,(H3,25,26,27,28,29,30). The number of rotatable bonds is 8. The summed E-state index contributed by atoms with van der Waals surface area (Å²) in [6.07, 6.45) is 2.36. The molecule has 3 heterocycles. The molecular weight excluding hydrogens is 409 g/mol. The molecule has 8 nitrogen and oxygen atoms in total. The van der Waals surface area contributed by atoms with E-state index in [1.165, 1.54) is 0 Å². The zero-order valence-electron chi connectivity index (χ0n) is 18.2. The Kier molecular flexibility index (Phi) is 5.03. The first-order chi connectivity index (χ1) is 15.4. The minimum absolute atomic E-state index is 0.121. The average Bonchev–Trinajstić information content (AvgIpc) is 3.50. The molecular formula is C23H26FN7O. The van der Waals surface area contributed by atoms with Gasteiger partial charge in [-0.3, -0.25) is 9.89 Å². The highest BCUT2D eigenvalue weighted by Gasteiger charge is 2.54. The lowest BCUT2D eigenvalue weighted by atomic mass is 9.91. The third-order valence-corrected chi connectivity index (χ3v) is 5.88. The van der Waals surface area contributed by atoms with Crippen molar-refractivity contribution in [3.63, 3.8) is 0 Å². The van der Waals surface area contributed by atoms with Crippen molar-refractivity contribution in [3.8, 4) is 0 Å². The van der Waals surface area contributed by atoms with Crippen LogP contribution in [0.5, 0.6) is 0 Å². The fourth-order valence-electron chi connectivity index (χ4n) is 4.06. The number of aromatic nitrogens is 4. The lowest BCUT2D eigenvalue weighted by Crippen LogP contribution is -2.60. The van der Waals surface area contributed by atoms with Gasteiger partial charge in [0.2, 0.25) is 5.95 Å². The van der Waals surface area contributed by atoms with E-state index in [-0.39, 0.29) is 11.7 Å². The van der Waals surface area contributed by atoms with Gasteiger partial charge in [-0.15, -0.1) is 0 Å². The van der Waals surface area contributed by atoms with Gasteiger partial charge in [-0.2, -0.15) is 15.1 Å². The van der Waals surface area contributed by atoms with Crippen molar-refractivity contribution in [3.05, 3.63) is 47.7 Å². The van der Waals surface area contributed by atoms with Gasteiger partial charge in [0.25, 0.3) is 0 Å². The highest BCUT2D eigenvalue weighted by atomic mass is 19.1. The predicted octanol–water partition coefficient (Wildman–Crippen LogP) is 4.07. The van der Waals surface area contributed by atoms with E-state index >= 15 is 0 Å². The zero-order valence-corrected chi connectivity index (χ0v) is 18.2. The first-order valence-electron chi connectivity index (χ1n) is 10.8. The second-order valence-electron chi connectivity index (χ2n) is 8.86. The number of H-pyrrole nitrogens is 1. The normalized spacial score (nSPS) is 17.0. The third kappa shape index (κ3) is 4.42. The molecule has 0 radical (unpaired) electrons. The fraction of sp³-hybridized carbons (Fsp3) is 0.391. The van der Waals surface area contributed by atoms with Crippen LogP contribution in [0.25, 0.3) is 0 Å². The van der Waals surface area contributed by atoms with E-state index in [0.29, 0.717) is 42.9 Å². The molecule has 0 spiro atoms. The topological polar surface area (TPSA) is 98.8 Å². The van der Waals surface area contributed by atoms with Gasteiger partial charge < -0.3 is 15.5 Å². The Balaban J connectivity index is 1.37. The minimum atomic E-state index is -1.10. The van der Waals surface area contributed by atoms with Gasteiger partial charge in [-0.1, -0.05) is 12.1 Å². The van der Waals surface area contributed by atoms with E-state index in [2.05, 4.69) is 30.8 Å². The molecule has 9 heteroatoms. The molecule has 0 atom stereocenters. The van der Waals surface area contributed by atoms with Crippen LogP contribution in [0, 0.1) is 12.8 Å². The number of carbonyl (C=O) groups excluding carboxylic acids is 1. The van der Waals surface area contributed by atoms with Crippen molar-refractivity contribution in [2.24, 2.45) is 5.92 Å². The number of nitrogens with zero attached hydrogens (tertiary/aromatic N) is 4. The van der Waals surface area contributed by atoms with Crippen molar-refractivity contribution in [2.45, 2.75) is 38.8 Å². The summed E-state index contributed by atoms with van der Waals surface area (Å²) >= 11 is 0. The number of Topliss-reactive ketones (excluding diaryl/α,β-unsaturated/α-hetero) is 1. The maximum atomic E-state index is 14.9. The number of ketones is 1. The zero-order chi connectivity index (χ0) is 22.3. The third-order valence-electron chi connectivity index (χ3n) is 5.88. The smallest absolute Gasteiger partial charge is 0.231 e. The summed E-state index contributed by atoms with van der Waals surface area (Å²) < 4.78 is 14.9.